The molecule has 0 saturated heterocycles. The number of nitrogens with two attached hydrogens (primary N) is 1. The van der Waals surface area contributed by atoms with Crippen molar-refractivity contribution in [1.82, 2.24) is 0 Å². The molecule has 0 aliphatic rings. The topological polar surface area (TPSA) is 29.9 Å². The summed E-state index contributed by atoms with van der Waals surface area (Å²) in [6.45, 7) is 8.17. The van der Waals surface area contributed by atoms with E-state index in [1.54, 1.807) is 0 Å². The van der Waals surface area contributed by atoms with Crippen LogP contribution in [0.5, 0.6) is 0 Å². The zero-order chi connectivity index (χ0) is 13.7. The zero-order valence-electron chi connectivity index (χ0n) is 12.0. The number of benzene rings is 1. The van der Waals surface area contributed by atoms with Crippen molar-refractivity contribution >= 4 is 5.69 Å². The molecule has 2 heteroatoms. The molecule has 0 unspecified atom stereocenters. The van der Waals surface area contributed by atoms with Gasteiger partial charge in [-0.15, -0.1) is 0 Å². The lowest BCUT2D eigenvalue weighted by Gasteiger charge is -2.08. The summed E-state index contributed by atoms with van der Waals surface area (Å²) in [4.78, 5) is 0. The van der Waals surface area contributed by atoms with Crippen LogP contribution in [0.2, 0.25) is 0 Å². The summed E-state index contributed by atoms with van der Waals surface area (Å²) >= 11 is 0. The molecule has 0 spiro atoms. The van der Waals surface area contributed by atoms with Crippen LogP contribution in [0.15, 0.2) is 36.5 Å². The number of hydrogen-bond donors (Lipinski definition) is 1. The van der Waals surface area contributed by atoms with Crippen molar-refractivity contribution in [2.24, 2.45) is 7.05 Å². The van der Waals surface area contributed by atoms with Crippen LogP contribution in [-0.4, -0.2) is 0 Å². The van der Waals surface area contributed by atoms with Crippen LogP contribution in [-0.2, 0) is 7.05 Å². The minimum Gasteiger partial charge on any atom is -0.398 e. The number of nitrogens with zero attached hydrogens (tertiary/aromatic N) is 1. The SMILES string of the molecule is CC.Cc1cc(C)c(-c2cccc[n+]2C)c(N)c1. The fourth-order valence-electron chi connectivity index (χ4n) is 2.13. The highest BCUT2D eigenvalue weighted by atomic mass is 14.9. The van der Waals surface area contributed by atoms with E-state index in [4.69, 9.17) is 5.73 Å². The van der Waals surface area contributed by atoms with Gasteiger partial charge in [0.2, 0.25) is 5.69 Å². The Morgan fingerprint density at radius 3 is 2.28 bits per heavy atom. The maximum absolute atomic E-state index is 6.11. The molecular weight excluding hydrogens is 220 g/mol. The minimum absolute atomic E-state index is 0.847. The number of pyridine rings is 1. The van der Waals surface area contributed by atoms with Gasteiger partial charge in [0.15, 0.2) is 6.20 Å². The Balaban J connectivity index is 0.000000771. The summed E-state index contributed by atoms with van der Waals surface area (Å²) in [5.41, 5.74) is 11.7. The van der Waals surface area contributed by atoms with Crippen LogP contribution >= 0.6 is 0 Å². The van der Waals surface area contributed by atoms with Crippen molar-refractivity contribution < 1.29 is 4.57 Å². The first-order chi connectivity index (χ1) is 8.59. The summed E-state index contributed by atoms with van der Waals surface area (Å²) < 4.78 is 2.09. The lowest BCUT2D eigenvalue weighted by atomic mass is 10.00. The van der Waals surface area contributed by atoms with Crippen molar-refractivity contribution in [3.05, 3.63) is 47.7 Å². The quantitative estimate of drug-likeness (QED) is 0.604. The van der Waals surface area contributed by atoms with Crippen molar-refractivity contribution in [2.45, 2.75) is 27.7 Å². The first kappa shape index (κ1) is 14.2. The molecular formula is C16H23N2+. The highest BCUT2D eigenvalue weighted by Gasteiger charge is 2.14. The monoisotopic (exact) mass is 243 g/mol. The first-order valence-corrected chi connectivity index (χ1v) is 6.41. The minimum atomic E-state index is 0.847. The van der Waals surface area contributed by atoms with Crippen LogP contribution in [0.25, 0.3) is 11.3 Å². The fraction of sp³-hybridized carbons (Fsp3) is 0.312. The second kappa shape index (κ2) is 6.20. The van der Waals surface area contributed by atoms with E-state index in [0.717, 1.165) is 16.9 Å². The van der Waals surface area contributed by atoms with Gasteiger partial charge in [0.1, 0.15) is 7.05 Å². The normalized spacial score (nSPS) is 9.61. The van der Waals surface area contributed by atoms with Gasteiger partial charge in [-0.3, -0.25) is 0 Å². The summed E-state index contributed by atoms with van der Waals surface area (Å²) in [6, 6.07) is 10.3. The fourth-order valence-corrected chi connectivity index (χ4v) is 2.13. The van der Waals surface area contributed by atoms with Crippen molar-refractivity contribution in [2.75, 3.05) is 5.73 Å². The Morgan fingerprint density at radius 2 is 1.72 bits per heavy atom. The smallest absolute Gasteiger partial charge is 0.214 e. The highest BCUT2D eigenvalue weighted by Crippen LogP contribution is 2.27. The van der Waals surface area contributed by atoms with Gasteiger partial charge >= 0.3 is 0 Å². The second-order valence-electron chi connectivity index (χ2n) is 4.24. The summed E-state index contributed by atoms with van der Waals surface area (Å²) in [5.74, 6) is 0. The maximum atomic E-state index is 6.11. The van der Waals surface area contributed by atoms with Crippen LogP contribution in [0.1, 0.15) is 25.0 Å². The summed E-state index contributed by atoms with van der Waals surface area (Å²) in [6.07, 6.45) is 2.04. The number of rotatable bonds is 1. The van der Waals surface area contributed by atoms with Crippen molar-refractivity contribution in [1.29, 1.82) is 0 Å². The standard InChI is InChI=1S/C14H16N2.C2H6/c1-10-8-11(2)14(12(15)9-10)13-6-4-5-7-16(13)3;1-2/h4-9,15H,1-3H3;1-2H3/p+1. The average molecular weight is 243 g/mol. The van der Waals surface area contributed by atoms with E-state index in [2.05, 4.69) is 30.5 Å². The summed E-state index contributed by atoms with van der Waals surface area (Å²) in [5, 5.41) is 0. The lowest BCUT2D eigenvalue weighted by molar-refractivity contribution is -0.660. The largest absolute Gasteiger partial charge is 0.398 e. The van der Waals surface area contributed by atoms with Gasteiger partial charge in [-0.25, -0.2) is 4.57 Å². The molecule has 18 heavy (non-hydrogen) atoms. The number of nitrogen functional groups attached to an aromatic ring is 1. The maximum Gasteiger partial charge on any atom is 0.214 e. The van der Waals surface area contributed by atoms with E-state index in [1.807, 2.05) is 45.3 Å². The molecule has 0 saturated carbocycles. The Hall–Kier alpha value is -1.83. The summed E-state index contributed by atoms with van der Waals surface area (Å²) in [7, 11) is 2.04. The number of hydrogen-bond acceptors (Lipinski definition) is 1. The van der Waals surface area contributed by atoms with E-state index in [9.17, 15) is 0 Å². The molecule has 0 fully saturated rings. The zero-order valence-corrected chi connectivity index (χ0v) is 12.0. The molecule has 0 aliphatic heterocycles. The van der Waals surface area contributed by atoms with E-state index in [0.29, 0.717) is 0 Å². The first-order valence-electron chi connectivity index (χ1n) is 6.41. The molecule has 2 rings (SSSR count). The van der Waals surface area contributed by atoms with Crippen LogP contribution in [0, 0.1) is 13.8 Å². The Morgan fingerprint density at radius 1 is 1.06 bits per heavy atom. The van der Waals surface area contributed by atoms with E-state index >= 15 is 0 Å². The Kier molecular flexibility index (Phi) is 4.90. The molecule has 2 nitrogen and oxygen atoms in total. The van der Waals surface area contributed by atoms with Crippen LogP contribution < -0.4 is 10.3 Å². The molecule has 0 atom stereocenters. The van der Waals surface area contributed by atoms with E-state index in [-0.39, 0.29) is 0 Å². The van der Waals surface area contributed by atoms with Crippen molar-refractivity contribution in [3.8, 4) is 11.3 Å². The molecule has 1 heterocycles. The predicted octanol–water partition coefficient (Wildman–Crippen LogP) is 3.40. The Labute approximate surface area is 110 Å². The molecule has 0 bridgehead atoms. The van der Waals surface area contributed by atoms with Gasteiger partial charge in [-0.2, -0.15) is 0 Å². The predicted molar refractivity (Wildman–Crippen MR) is 78.3 cm³/mol. The second-order valence-corrected chi connectivity index (χ2v) is 4.24. The molecule has 2 N–H and O–H groups in total. The van der Waals surface area contributed by atoms with Gasteiger partial charge in [-0.05, 0) is 37.1 Å². The highest BCUT2D eigenvalue weighted by molar-refractivity contribution is 5.76. The van der Waals surface area contributed by atoms with Gasteiger partial charge in [0, 0.05) is 17.8 Å². The Bertz CT molecular complexity index is 507. The molecule has 96 valence electrons. The van der Waals surface area contributed by atoms with Gasteiger partial charge in [-0.1, -0.05) is 19.9 Å². The lowest BCUT2D eigenvalue weighted by Crippen LogP contribution is -2.30. The van der Waals surface area contributed by atoms with Gasteiger partial charge in [0.25, 0.3) is 0 Å². The molecule has 0 aliphatic carbocycles. The molecule has 1 aromatic heterocycles. The third-order valence-corrected chi connectivity index (χ3v) is 2.82. The van der Waals surface area contributed by atoms with Gasteiger partial charge in [0.05, 0.1) is 5.56 Å². The number of aromatic nitrogens is 1. The number of aryl methyl sites for hydroxylation is 3. The third-order valence-electron chi connectivity index (χ3n) is 2.82. The molecule has 2 aromatic rings. The van der Waals surface area contributed by atoms with Crippen molar-refractivity contribution in [3.63, 3.8) is 0 Å². The number of anilines is 1. The van der Waals surface area contributed by atoms with Crippen LogP contribution in [0.4, 0.5) is 5.69 Å². The van der Waals surface area contributed by atoms with Crippen LogP contribution in [0.3, 0.4) is 0 Å². The average Bonchev–Trinajstić information content (AvgIpc) is 2.33. The van der Waals surface area contributed by atoms with E-state index in [1.165, 1.54) is 11.1 Å². The third kappa shape index (κ3) is 2.89. The molecule has 0 amide bonds. The molecule has 0 radical (unpaired) electrons. The molecule has 1 aromatic carbocycles. The van der Waals surface area contributed by atoms with Gasteiger partial charge < -0.3 is 5.73 Å². The van der Waals surface area contributed by atoms with E-state index < -0.39 is 0 Å².